The highest BCUT2D eigenvalue weighted by molar-refractivity contribution is 5.66. The van der Waals surface area contributed by atoms with Gasteiger partial charge < -0.3 is 15.3 Å². The Labute approximate surface area is 153 Å². The van der Waals surface area contributed by atoms with Crippen molar-refractivity contribution in [2.24, 2.45) is 11.8 Å². The monoisotopic (exact) mass is 354 g/mol. The molecule has 1 aliphatic rings. The van der Waals surface area contributed by atoms with Gasteiger partial charge >= 0.3 is 5.97 Å². The largest absolute Gasteiger partial charge is 0.481 e. The molecule has 0 aromatic heterocycles. The molecule has 0 bridgehead atoms. The van der Waals surface area contributed by atoms with E-state index in [1.54, 1.807) is 0 Å². The van der Waals surface area contributed by atoms with E-state index < -0.39 is 18.2 Å². The zero-order valence-electron chi connectivity index (χ0n) is 16.1. The number of aliphatic hydroxyl groups is 2. The molecule has 0 aromatic carbocycles. The van der Waals surface area contributed by atoms with Crippen LogP contribution < -0.4 is 0 Å². The molecule has 0 aliphatic heterocycles. The van der Waals surface area contributed by atoms with Gasteiger partial charge in [0, 0.05) is 6.42 Å². The molecule has 3 N–H and O–H groups in total. The highest BCUT2D eigenvalue weighted by atomic mass is 16.4. The zero-order valence-corrected chi connectivity index (χ0v) is 16.1. The van der Waals surface area contributed by atoms with Crippen LogP contribution in [0, 0.1) is 11.8 Å². The van der Waals surface area contributed by atoms with Gasteiger partial charge in [0.05, 0.1) is 12.2 Å². The number of hydrogen-bond donors (Lipinski definition) is 3. The van der Waals surface area contributed by atoms with Crippen LogP contribution in [0.1, 0.15) is 90.9 Å². The zero-order chi connectivity index (χ0) is 18.7. The molecule has 4 atom stereocenters. The summed E-state index contributed by atoms with van der Waals surface area (Å²) in [5.74, 6) is -0.389. The van der Waals surface area contributed by atoms with Crippen molar-refractivity contribution in [3.05, 3.63) is 11.6 Å². The Morgan fingerprint density at radius 1 is 0.960 bits per heavy atom. The predicted octanol–water partition coefficient (Wildman–Crippen LogP) is 4.69. The first kappa shape index (κ1) is 22.2. The molecule has 146 valence electrons. The minimum absolute atomic E-state index is 0.162. The lowest BCUT2D eigenvalue weighted by atomic mass is 9.85. The second kappa shape index (κ2) is 12.5. The lowest BCUT2D eigenvalue weighted by Crippen LogP contribution is -2.21. The fraction of sp³-hybridized carbons (Fsp3) is 0.857. The van der Waals surface area contributed by atoms with Crippen molar-refractivity contribution in [1.82, 2.24) is 0 Å². The molecule has 1 saturated carbocycles. The van der Waals surface area contributed by atoms with Crippen LogP contribution in [0.3, 0.4) is 0 Å². The number of rotatable bonds is 13. The average molecular weight is 355 g/mol. The summed E-state index contributed by atoms with van der Waals surface area (Å²) in [4.78, 5) is 10.5. The number of aliphatic hydroxyl groups excluding tert-OH is 2. The summed E-state index contributed by atoms with van der Waals surface area (Å²) in [6.07, 6.45) is 12.5. The van der Waals surface area contributed by atoms with Gasteiger partial charge in [-0.15, -0.1) is 0 Å². The maximum absolute atomic E-state index is 10.5. The first-order valence-corrected chi connectivity index (χ1v) is 10.2. The summed E-state index contributed by atoms with van der Waals surface area (Å²) in [7, 11) is 0. The van der Waals surface area contributed by atoms with Crippen LogP contribution in [0.25, 0.3) is 0 Å². The van der Waals surface area contributed by atoms with Gasteiger partial charge in [-0.1, -0.05) is 50.7 Å². The van der Waals surface area contributed by atoms with Gasteiger partial charge in [-0.05, 0) is 57.3 Å². The Morgan fingerprint density at radius 3 is 2.28 bits per heavy atom. The predicted molar refractivity (Wildman–Crippen MR) is 101 cm³/mol. The van der Waals surface area contributed by atoms with E-state index >= 15 is 0 Å². The van der Waals surface area contributed by atoms with Crippen LogP contribution in [0.4, 0.5) is 0 Å². The van der Waals surface area contributed by atoms with E-state index in [0.29, 0.717) is 6.42 Å². The van der Waals surface area contributed by atoms with E-state index in [2.05, 4.69) is 19.9 Å². The third-order valence-electron chi connectivity index (χ3n) is 5.61. The van der Waals surface area contributed by atoms with E-state index in [-0.39, 0.29) is 18.3 Å². The number of carbonyl (C=O) groups is 1. The molecule has 25 heavy (non-hydrogen) atoms. The standard InChI is InChI=1S/C21H38O4/c1-3-4-7-10-16(2)13-14-18-17(19(22)15-20(18)23)11-8-5-6-9-12-21(24)25/h13,17-20,22-23H,3-12,14-15H2,1-2H3,(H,24,25)/b16-13+/t17-,18-,19+,20-/m1/s1. The second-order valence-corrected chi connectivity index (χ2v) is 7.79. The van der Waals surface area contributed by atoms with Crippen LogP contribution in [-0.2, 0) is 4.79 Å². The molecule has 0 amide bonds. The summed E-state index contributed by atoms with van der Waals surface area (Å²) in [5, 5.41) is 29.2. The van der Waals surface area contributed by atoms with E-state index in [4.69, 9.17) is 5.11 Å². The van der Waals surface area contributed by atoms with Crippen molar-refractivity contribution in [2.45, 2.75) is 103 Å². The topological polar surface area (TPSA) is 77.8 Å². The average Bonchev–Trinajstić information content (AvgIpc) is 2.82. The Bertz CT molecular complexity index is 405. The van der Waals surface area contributed by atoms with E-state index in [1.165, 1.54) is 24.8 Å². The van der Waals surface area contributed by atoms with Crippen molar-refractivity contribution in [1.29, 1.82) is 0 Å². The summed E-state index contributed by atoms with van der Waals surface area (Å²) in [6, 6.07) is 0. The summed E-state index contributed by atoms with van der Waals surface area (Å²) >= 11 is 0. The molecular weight excluding hydrogens is 316 g/mol. The Hall–Kier alpha value is -0.870. The third kappa shape index (κ3) is 8.87. The van der Waals surface area contributed by atoms with Crippen LogP contribution in [0.15, 0.2) is 11.6 Å². The molecule has 0 radical (unpaired) electrons. The molecule has 4 heteroatoms. The number of carboxylic acid groups (broad SMARTS) is 1. The molecule has 4 nitrogen and oxygen atoms in total. The van der Waals surface area contributed by atoms with Gasteiger partial charge in [0.1, 0.15) is 0 Å². The fourth-order valence-corrected chi connectivity index (χ4v) is 4.01. The molecule has 0 saturated heterocycles. The van der Waals surface area contributed by atoms with Gasteiger partial charge in [0.25, 0.3) is 0 Å². The first-order valence-electron chi connectivity index (χ1n) is 10.2. The quantitative estimate of drug-likeness (QED) is 0.331. The van der Waals surface area contributed by atoms with E-state index in [1.807, 2.05) is 0 Å². The third-order valence-corrected chi connectivity index (χ3v) is 5.61. The van der Waals surface area contributed by atoms with Gasteiger partial charge in [-0.3, -0.25) is 4.79 Å². The van der Waals surface area contributed by atoms with Crippen LogP contribution >= 0.6 is 0 Å². The van der Waals surface area contributed by atoms with Crippen LogP contribution in [-0.4, -0.2) is 33.5 Å². The molecule has 0 aromatic rings. The Morgan fingerprint density at radius 2 is 1.60 bits per heavy atom. The fourth-order valence-electron chi connectivity index (χ4n) is 4.01. The SMILES string of the molecule is CCCCC/C(C)=C/C[C@@H]1[C@@H](CCCCCCC(=O)O)[C@@H](O)C[C@H]1O. The number of hydrogen-bond acceptors (Lipinski definition) is 3. The lowest BCUT2D eigenvalue weighted by Gasteiger charge is -2.22. The number of unbranched alkanes of at least 4 members (excludes halogenated alkanes) is 5. The van der Waals surface area contributed by atoms with Crippen LogP contribution in [0.5, 0.6) is 0 Å². The normalized spacial score (nSPS) is 27.0. The van der Waals surface area contributed by atoms with E-state index in [9.17, 15) is 15.0 Å². The van der Waals surface area contributed by atoms with Gasteiger partial charge in [-0.2, -0.15) is 0 Å². The minimum Gasteiger partial charge on any atom is -0.481 e. The Balaban J connectivity index is 2.37. The molecule has 0 spiro atoms. The molecular formula is C21H38O4. The smallest absolute Gasteiger partial charge is 0.303 e. The van der Waals surface area contributed by atoms with Gasteiger partial charge in [-0.25, -0.2) is 0 Å². The maximum Gasteiger partial charge on any atom is 0.303 e. The first-order chi connectivity index (χ1) is 12.0. The number of aliphatic carboxylic acids is 1. The molecule has 0 heterocycles. The number of carboxylic acids is 1. The summed E-state index contributed by atoms with van der Waals surface area (Å²) < 4.78 is 0. The highest BCUT2D eigenvalue weighted by Crippen LogP contribution is 2.38. The van der Waals surface area contributed by atoms with E-state index in [0.717, 1.165) is 44.9 Å². The van der Waals surface area contributed by atoms with Crippen molar-refractivity contribution >= 4 is 5.97 Å². The molecule has 1 rings (SSSR count). The Kier molecular flexibility index (Phi) is 11.1. The summed E-state index contributed by atoms with van der Waals surface area (Å²) in [5.41, 5.74) is 1.40. The van der Waals surface area contributed by atoms with Crippen molar-refractivity contribution in [2.75, 3.05) is 0 Å². The van der Waals surface area contributed by atoms with Crippen LogP contribution in [0.2, 0.25) is 0 Å². The molecule has 0 unspecified atom stereocenters. The number of allylic oxidation sites excluding steroid dienone is 2. The second-order valence-electron chi connectivity index (χ2n) is 7.79. The molecule has 1 fully saturated rings. The van der Waals surface area contributed by atoms with Gasteiger partial charge in [0.2, 0.25) is 0 Å². The lowest BCUT2D eigenvalue weighted by molar-refractivity contribution is -0.137. The van der Waals surface area contributed by atoms with Crippen molar-refractivity contribution in [3.63, 3.8) is 0 Å². The highest BCUT2D eigenvalue weighted by Gasteiger charge is 2.40. The minimum atomic E-state index is -0.726. The molecule has 1 aliphatic carbocycles. The van der Waals surface area contributed by atoms with Crippen molar-refractivity contribution in [3.8, 4) is 0 Å². The van der Waals surface area contributed by atoms with Gasteiger partial charge in [0.15, 0.2) is 0 Å². The van der Waals surface area contributed by atoms with Crippen molar-refractivity contribution < 1.29 is 20.1 Å². The maximum atomic E-state index is 10.5. The summed E-state index contributed by atoms with van der Waals surface area (Å²) in [6.45, 7) is 4.38.